The van der Waals surface area contributed by atoms with Gasteiger partial charge in [-0.3, -0.25) is 4.99 Å². The fraction of sp³-hybridized carbons (Fsp3) is 0.333. The highest BCUT2D eigenvalue weighted by atomic mass is 16.5. The summed E-state index contributed by atoms with van der Waals surface area (Å²) in [6.45, 7) is 9.20. The summed E-state index contributed by atoms with van der Waals surface area (Å²) in [6.07, 6.45) is 1.59. The predicted molar refractivity (Wildman–Crippen MR) is 147 cm³/mol. The van der Waals surface area contributed by atoms with Crippen molar-refractivity contribution in [3.05, 3.63) is 82.4 Å². The number of nitrogens with zero attached hydrogens (tertiary/aromatic N) is 1. The molecule has 0 atom stereocenters. The van der Waals surface area contributed by atoms with Crippen LogP contribution in [0.4, 0.5) is 16.2 Å². The molecule has 36 heavy (non-hydrogen) atoms. The molecule has 6 heteroatoms. The van der Waals surface area contributed by atoms with E-state index in [-0.39, 0.29) is 11.4 Å². The standard InChI is InChI=1S/C30H35N3O3/c1-19-8-7-9-24(30(2,3)4)28(19)33-29(34)32-22-12-10-20(11-13-22)16-25-23-18-27(36-6)26(35-5)17-21(23)14-15-31-25/h7-13,17-18H,14-16H2,1-6H3,(H2,32,33,34). The first-order chi connectivity index (χ1) is 17.2. The summed E-state index contributed by atoms with van der Waals surface area (Å²) in [5.41, 5.74) is 8.14. The number of hydrogen-bond acceptors (Lipinski definition) is 4. The summed E-state index contributed by atoms with van der Waals surface area (Å²) in [6, 6.07) is 17.8. The van der Waals surface area contributed by atoms with Crippen molar-refractivity contribution < 1.29 is 14.3 Å². The Bertz CT molecular complexity index is 1290. The van der Waals surface area contributed by atoms with Gasteiger partial charge in [0.1, 0.15) is 0 Å². The molecule has 4 rings (SSSR count). The number of carbonyl (C=O) groups excluding carboxylic acids is 1. The first-order valence-corrected chi connectivity index (χ1v) is 12.2. The highest BCUT2D eigenvalue weighted by Gasteiger charge is 2.21. The van der Waals surface area contributed by atoms with Gasteiger partial charge in [-0.1, -0.05) is 51.1 Å². The lowest BCUT2D eigenvalue weighted by molar-refractivity contribution is 0.262. The molecule has 3 aromatic carbocycles. The number of urea groups is 1. The van der Waals surface area contributed by atoms with Gasteiger partial charge >= 0.3 is 6.03 Å². The molecule has 3 aromatic rings. The minimum absolute atomic E-state index is 0.0775. The van der Waals surface area contributed by atoms with Crippen LogP contribution in [0, 0.1) is 6.92 Å². The lowest BCUT2D eigenvalue weighted by Gasteiger charge is -2.24. The molecule has 188 valence electrons. The Morgan fingerprint density at radius 3 is 2.33 bits per heavy atom. The van der Waals surface area contributed by atoms with Gasteiger partial charge in [0.15, 0.2) is 11.5 Å². The number of carbonyl (C=O) groups is 1. The highest BCUT2D eigenvalue weighted by Crippen LogP contribution is 2.34. The van der Waals surface area contributed by atoms with E-state index in [1.807, 2.05) is 55.5 Å². The number of rotatable bonds is 6. The second kappa shape index (κ2) is 10.4. The number of hydrogen-bond donors (Lipinski definition) is 2. The quantitative estimate of drug-likeness (QED) is 0.416. The van der Waals surface area contributed by atoms with E-state index in [9.17, 15) is 4.79 Å². The molecule has 1 aliphatic heterocycles. The SMILES string of the molecule is COc1cc2c(cc1OC)C(Cc1ccc(NC(=O)Nc3c(C)cccc3C(C)(C)C)cc1)=NCC2. The average molecular weight is 486 g/mol. The van der Waals surface area contributed by atoms with Crippen LogP contribution in [0.5, 0.6) is 11.5 Å². The number of fused-ring (bicyclic) bond motifs is 1. The van der Waals surface area contributed by atoms with Crippen molar-refractivity contribution in [1.82, 2.24) is 0 Å². The molecular weight excluding hydrogens is 450 g/mol. The fourth-order valence-electron chi connectivity index (χ4n) is 4.58. The molecule has 0 saturated heterocycles. The van der Waals surface area contributed by atoms with Crippen molar-refractivity contribution in [2.45, 2.75) is 46.0 Å². The van der Waals surface area contributed by atoms with Gasteiger partial charge in [-0.25, -0.2) is 4.79 Å². The third-order valence-corrected chi connectivity index (χ3v) is 6.51. The molecule has 0 aromatic heterocycles. The number of benzene rings is 3. The molecule has 0 fully saturated rings. The van der Waals surface area contributed by atoms with E-state index in [1.165, 1.54) is 5.56 Å². The number of aryl methyl sites for hydroxylation is 1. The van der Waals surface area contributed by atoms with Gasteiger partial charge in [-0.15, -0.1) is 0 Å². The van der Waals surface area contributed by atoms with Crippen molar-refractivity contribution in [3.8, 4) is 11.5 Å². The molecule has 0 bridgehead atoms. The smallest absolute Gasteiger partial charge is 0.323 e. The zero-order chi connectivity index (χ0) is 25.9. The molecule has 1 heterocycles. The van der Waals surface area contributed by atoms with Crippen LogP contribution in [0.1, 0.15) is 48.6 Å². The van der Waals surface area contributed by atoms with Crippen LogP contribution in [0.15, 0.2) is 59.6 Å². The highest BCUT2D eigenvalue weighted by molar-refractivity contribution is 6.04. The Balaban J connectivity index is 1.45. The first kappa shape index (κ1) is 25.3. The Kier molecular flexibility index (Phi) is 7.34. The minimum atomic E-state index is -0.255. The number of anilines is 2. The molecule has 0 radical (unpaired) electrons. The van der Waals surface area contributed by atoms with Gasteiger partial charge in [0.05, 0.1) is 14.2 Å². The summed E-state index contributed by atoms with van der Waals surface area (Å²) in [5, 5.41) is 6.01. The molecule has 0 saturated carbocycles. The molecule has 2 amide bonds. The zero-order valence-corrected chi connectivity index (χ0v) is 22.0. The van der Waals surface area contributed by atoms with E-state index < -0.39 is 0 Å². The Labute approximate surface area is 213 Å². The zero-order valence-electron chi connectivity index (χ0n) is 22.0. The molecule has 0 unspecified atom stereocenters. The lowest BCUT2D eigenvalue weighted by Crippen LogP contribution is -2.23. The van der Waals surface area contributed by atoms with Gasteiger partial charge in [-0.2, -0.15) is 0 Å². The number of aliphatic imine (C=N–C) groups is 1. The van der Waals surface area contributed by atoms with E-state index in [2.05, 4.69) is 37.5 Å². The van der Waals surface area contributed by atoms with Crippen LogP contribution in [0.25, 0.3) is 0 Å². The predicted octanol–water partition coefficient (Wildman–Crippen LogP) is 6.54. The monoisotopic (exact) mass is 485 g/mol. The topological polar surface area (TPSA) is 72.0 Å². The van der Waals surface area contributed by atoms with Crippen molar-refractivity contribution in [2.24, 2.45) is 4.99 Å². The Morgan fingerprint density at radius 2 is 1.67 bits per heavy atom. The molecule has 2 N–H and O–H groups in total. The van der Waals surface area contributed by atoms with Crippen LogP contribution in [-0.2, 0) is 18.3 Å². The van der Waals surface area contributed by atoms with Gasteiger partial charge in [0.2, 0.25) is 0 Å². The van der Waals surface area contributed by atoms with E-state index in [0.717, 1.165) is 58.1 Å². The summed E-state index contributed by atoms with van der Waals surface area (Å²) >= 11 is 0. The third kappa shape index (κ3) is 5.54. The molecule has 1 aliphatic rings. The maximum Gasteiger partial charge on any atom is 0.323 e. The summed E-state index contributed by atoms with van der Waals surface area (Å²) in [5.74, 6) is 1.45. The molecule has 0 aliphatic carbocycles. The Morgan fingerprint density at radius 1 is 0.972 bits per heavy atom. The molecule has 6 nitrogen and oxygen atoms in total. The molecule has 0 spiro atoms. The third-order valence-electron chi connectivity index (χ3n) is 6.51. The molecular formula is C30H35N3O3. The van der Waals surface area contributed by atoms with Crippen molar-refractivity contribution in [1.29, 1.82) is 0 Å². The maximum atomic E-state index is 12.8. The Hall–Kier alpha value is -3.80. The number of amides is 2. The van der Waals surface area contributed by atoms with Gasteiger partial charge in [-0.05, 0) is 65.3 Å². The second-order valence-corrected chi connectivity index (χ2v) is 10.1. The van der Waals surface area contributed by atoms with Crippen LogP contribution in [-0.4, -0.2) is 32.5 Å². The van der Waals surface area contributed by atoms with Crippen LogP contribution >= 0.6 is 0 Å². The van der Waals surface area contributed by atoms with E-state index in [1.54, 1.807) is 14.2 Å². The van der Waals surface area contributed by atoms with Gasteiger partial charge in [0, 0.05) is 35.6 Å². The van der Waals surface area contributed by atoms with Crippen molar-refractivity contribution in [3.63, 3.8) is 0 Å². The normalized spacial score (nSPS) is 12.9. The van der Waals surface area contributed by atoms with Gasteiger partial charge in [0.25, 0.3) is 0 Å². The number of ether oxygens (including phenoxy) is 2. The number of nitrogens with one attached hydrogen (secondary N) is 2. The largest absolute Gasteiger partial charge is 0.493 e. The fourth-order valence-corrected chi connectivity index (χ4v) is 4.58. The maximum absolute atomic E-state index is 12.8. The lowest BCUT2D eigenvalue weighted by atomic mass is 9.84. The summed E-state index contributed by atoms with van der Waals surface area (Å²) < 4.78 is 11.0. The van der Waals surface area contributed by atoms with Crippen LogP contribution in [0.3, 0.4) is 0 Å². The number of para-hydroxylation sites is 1. The van der Waals surface area contributed by atoms with E-state index in [0.29, 0.717) is 12.2 Å². The second-order valence-electron chi connectivity index (χ2n) is 10.1. The van der Waals surface area contributed by atoms with Crippen LogP contribution in [0.2, 0.25) is 0 Å². The number of methoxy groups -OCH3 is 2. The van der Waals surface area contributed by atoms with Crippen molar-refractivity contribution in [2.75, 3.05) is 31.4 Å². The average Bonchev–Trinajstić information content (AvgIpc) is 2.85. The minimum Gasteiger partial charge on any atom is -0.493 e. The first-order valence-electron chi connectivity index (χ1n) is 12.2. The summed E-state index contributed by atoms with van der Waals surface area (Å²) in [4.78, 5) is 17.6. The van der Waals surface area contributed by atoms with E-state index in [4.69, 9.17) is 14.5 Å². The summed E-state index contributed by atoms with van der Waals surface area (Å²) in [7, 11) is 3.30. The van der Waals surface area contributed by atoms with Gasteiger partial charge < -0.3 is 20.1 Å². The van der Waals surface area contributed by atoms with Crippen LogP contribution < -0.4 is 20.1 Å². The van der Waals surface area contributed by atoms with Crippen molar-refractivity contribution >= 4 is 23.1 Å². The van der Waals surface area contributed by atoms with E-state index >= 15 is 0 Å².